The Morgan fingerprint density at radius 3 is 2.70 bits per heavy atom. The van der Waals surface area contributed by atoms with Gasteiger partial charge in [-0.3, -0.25) is 4.68 Å². The molecule has 0 saturated carbocycles. The molecular weight excluding hydrogens is 389 g/mol. The van der Waals surface area contributed by atoms with Crippen LogP contribution in [0.5, 0.6) is 0 Å². The van der Waals surface area contributed by atoms with Crippen LogP contribution in [0.3, 0.4) is 0 Å². The van der Waals surface area contributed by atoms with E-state index in [-0.39, 0.29) is 11.9 Å². The van der Waals surface area contributed by atoms with E-state index >= 15 is 0 Å². The van der Waals surface area contributed by atoms with Gasteiger partial charge < -0.3 is 5.32 Å². The van der Waals surface area contributed by atoms with E-state index in [1.54, 1.807) is 18.3 Å². The lowest BCUT2D eigenvalue weighted by molar-refractivity contribution is 0.512. The molecule has 1 atom stereocenters. The van der Waals surface area contributed by atoms with Gasteiger partial charge in [-0.2, -0.15) is 5.10 Å². The molecule has 0 aliphatic rings. The third kappa shape index (κ3) is 2.97. The predicted octanol–water partition coefficient (Wildman–Crippen LogP) is 4.27. The van der Waals surface area contributed by atoms with Gasteiger partial charge in [-0.05, 0) is 51.4 Å². The molecule has 1 aromatic carbocycles. The van der Waals surface area contributed by atoms with Gasteiger partial charge in [-0.1, -0.05) is 19.1 Å². The molecule has 0 amide bonds. The zero-order chi connectivity index (χ0) is 14.7. The van der Waals surface area contributed by atoms with Gasteiger partial charge in [0.2, 0.25) is 0 Å². The average molecular weight is 405 g/mol. The quantitative estimate of drug-likeness (QED) is 0.806. The second-order valence-corrected chi connectivity index (χ2v) is 6.04. The number of nitrogens with one attached hydrogen (secondary N) is 1. The third-order valence-electron chi connectivity index (χ3n) is 3.11. The normalized spacial score (nSPS) is 12.7. The Morgan fingerprint density at radius 2 is 2.05 bits per heavy atom. The first-order valence-electron chi connectivity index (χ1n) is 6.48. The Hall–Kier alpha value is -0.720. The largest absolute Gasteiger partial charge is 0.305 e. The minimum absolute atomic E-state index is 0.241. The predicted molar refractivity (Wildman–Crippen MR) is 85.2 cm³/mol. The third-order valence-corrected chi connectivity index (χ3v) is 4.33. The van der Waals surface area contributed by atoms with Crippen LogP contribution in [0.1, 0.15) is 31.1 Å². The zero-order valence-corrected chi connectivity index (χ0v) is 14.5. The molecule has 6 heteroatoms. The molecule has 2 aromatic rings. The van der Waals surface area contributed by atoms with Gasteiger partial charge >= 0.3 is 0 Å². The molecule has 0 spiro atoms. The van der Waals surface area contributed by atoms with E-state index in [4.69, 9.17) is 0 Å². The Labute approximate surface area is 134 Å². The summed E-state index contributed by atoms with van der Waals surface area (Å²) in [5.41, 5.74) is 1.54. The van der Waals surface area contributed by atoms with Crippen LogP contribution in [0.15, 0.2) is 33.3 Å². The van der Waals surface area contributed by atoms with E-state index in [1.165, 1.54) is 0 Å². The standard InChI is InChI=1S/C14H16Br2FN3/c1-3-18-13(9-6-5-7-10(15)12(9)17)14-11(16)8-19-20(14)4-2/h5-8,13,18H,3-4H2,1-2H3. The number of benzene rings is 1. The molecule has 3 nitrogen and oxygen atoms in total. The first-order chi connectivity index (χ1) is 9.60. The number of hydrogen-bond acceptors (Lipinski definition) is 2. The fraction of sp³-hybridized carbons (Fsp3) is 0.357. The first kappa shape index (κ1) is 15.7. The van der Waals surface area contributed by atoms with Gasteiger partial charge in [0.15, 0.2) is 0 Å². The van der Waals surface area contributed by atoms with Gasteiger partial charge in [0.1, 0.15) is 5.82 Å². The van der Waals surface area contributed by atoms with E-state index < -0.39 is 0 Å². The van der Waals surface area contributed by atoms with Crippen LogP contribution in [-0.4, -0.2) is 16.3 Å². The minimum atomic E-state index is -0.241. The van der Waals surface area contributed by atoms with Gasteiger partial charge in [0.25, 0.3) is 0 Å². The SMILES string of the molecule is CCNC(c1cccc(Br)c1F)c1c(Br)cnn1CC. The highest BCUT2D eigenvalue weighted by Crippen LogP contribution is 2.32. The molecule has 2 rings (SSSR count). The fourth-order valence-corrected chi connectivity index (χ4v) is 3.12. The van der Waals surface area contributed by atoms with Crippen LogP contribution in [0, 0.1) is 5.82 Å². The van der Waals surface area contributed by atoms with E-state index in [0.717, 1.165) is 23.3 Å². The first-order valence-corrected chi connectivity index (χ1v) is 8.07. The van der Waals surface area contributed by atoms with Crippen molar-refractivity contribution in [3.63, 3.8) is 0 Å². The van der Waals surface area contributed by atoms with E-state index in [0.29, 0.717) is 10.0 Å². The number of hydrogen-bond donors (Lipinski definition) is 1. The summed E-state index contributed by atoms with van der Waals surface area (Å²) in [6, 6.07) is 5.10. The van der Waals surface area contributed by atoms with Crippen molar-refractivity contribution in [1.29, 1.82) is 0 Å². The highest BCUT2D eigenvalue weighted by molar-refractivity contribution is 9.10. The molecule has 0 aliphatic heterocycles. The molecule has 1 aromatic heterocycles. The van der Waals surface area contributed by atoms with Crippen molar-refractivity contribution in [2.24, 2.45) is 0 Å². The smallest absolute Gasteiger partial charge is 0.142 e. The highest BCUT2D eigenvalue weighted by atomic mass is 79.9. The number of halogens is 3. The van der Waals surface area contributed by atoms with Crippen molar-refractivity contribution in [2.45, 2.75) is 26.4 Å². The summed E-state index contributed by atoms with van der Waals surface area (Å²) in [7, 11) is 0. The maximum Gasteiger partial charge on any atom is 0.142 e. The Bertz CT molecular complexity index is 598. The molecule has 1 unspecified atom stereocenters. The maximum absolute atomic E-state index is 14.4. The van der Waals surface area contributed by atoms with Crippen LogP contribution in [0.2, 0.25) is 0 Å². The lowest BCUT2D eigenvalue weighted by Gasteiger charge is -2.21. The summed E-state index contributed by atoms with van der Waals surface area (Å²) in [4.78, 5) is 0. The van der Waals surface area contributed by atoms with Crippen LogP contribution >= 0.6 is 31.9 Å². The number of rotatable bonds is 5. The summed E-state index contributed by atoms with van der Waals surface area (Å²) >= 11 is 6.76. The summed E-state index contributed by atoms with van der Waals surface area (Å²) in [6.07, 6.45) is 1.75. The number of aromatic nitrogens is 2. The van der Waals surface area contributed by atoms with E-state index in [1.807, 2.05) is 24.6 Å². The molecule has 108 valence electrons. The zero-order valence-electron chi connectivity index (χ0n) is 11.3. The molecule has 20 heavy (non-hydrogen) atoms. The Kier molecular flexibility index (Phi) is 5.35. The van der Waals surface area contributed by atoms with Gasteiger partial charge in [-0.15, -0.1) is 0 Å². The van der Waals surface area contributed by atoms with Crippen molar-refractivity contribution >= 4 is 31.9 Å². The molecule has 0 saturated heterocycles. The summed E-state index contributed by atoms with van der Waals surface area (Å²) in [6.45, 7) is 5.49. The van der Waals surface area contributed by atoms with E-state index in [2.05, 4.69) is 42.3 Å². The minimum Gasteiger partial charge on any atom is -0.305 e. The Morgan fingerprint density at radius 1 is 1.30 bits per heavy atom. The highest BCUT2D eigenvalue weighted by Gasteiger charge is 2.24. The monoisotopic (exact) mass is 403 g/mol. The lowest BCUT2D eigenvalue weighted by atomic mass is 10.0. The molecule has 0 radical (unpaired) electrons. The van der Waals surface area contributed by atoms with E-state index in [9.17, 15) is 4.39 Å². The number of aryl methyl sites for hydroxylation is 1. The second kappa shape index (κ2) is 6.83. The fourth-order valence-electron chi connectivity index (χ4n) is 2.21. The van der Waals surface area contributed by atoms with Gasteiger partial charge in [0.05, 0.1) is 26.9 Å². The van der Waals surface area contributed by atoms with Gasteiger partial charge in [0, 0.05) is 12.1 Å². The summed E-state index contributed by atoms with van der Waals surface area (Å²) < 4.78 is 17.6. The van der Waals surface area contributed by atoms with Crippen LogP contribution in [0.25, 0.3) is 0 Å². The molecule has 1 heterocycles. The molecule has 0 aliphatic carbocycles. The lowest BCUT2D eigenvalue weighted by Crippen LogP contribution is -2.26. The van der Waals surface area contributed by atoms with Crippen molar-refractivity contribution in [1.82, 2.24) is 15.1 Å². The van der Waals surface area contributed by atoms with Crippen LogP contribution in [0.4, 0.5) is 4.39 Å². The Balaban J connectivity index is 2.56. The number of nitrogens with zero attached hydrogens (tertiary/aromatic N) is 2. The van der Waals surface area contributed by atoms with Crippen molar-refractivity contribution in [3.05, 3.63) is 50.4 Å². The molecule has 0 bridgehead atoms. The summed E-state index contributed by atoms with van der Waals surface area (Å²) in [5.74, 6) is -0.241. The van der Waals surface area contributed by atoms with Crippen molar-refractivity contribution < 1.29 is 4.39 Å². The molecular formula is C14H16Br2FN3. The second-order valence-electron chi connectivity index (χ2n) is 4.33. The average Bonchev–Trinajstić information content (AvgIpc) is 2.81. The van der Waals surface area contributed by atoms with Crippen LogP contribution < -0.4 is 5.32 Å². The van der Waals surface area contributed by atoms with Crippen molar-refractivity contribution in [3.8, 4) is 0 Å². The molecule has 1 N–H and O–H groups in total. The summed E-state index contributed by atoms with van der Waals surface area (Å²) in [5, 5.41) is 7.64. The maximum atomic E-state index is 14.4. The van der Waals surface area contributed by atoms with Crippen molar-refractivity contribution in [2.75, 3.05) is 6.54 Å². The van der Waals surface area contributed by atoms with Gasteiger partial charge in [-0.25, -0.2) is 4.39 Å². The molecule has 0 fully saturated rings. The van der Waals surface area contributed by atoms with Crippen LogP contribution in [-0.2, 0) is 6.54 Å². The topological polar surface area (TPSA) is 29.9 Å².